The first-order valence-electron chi connectivity index (χ1n) is 4.85. The molecular formula is C13H12FN. The summed E-state index contributed by atoms with van der Waals surface area (Å²) >= 11 is 0. The average Bonchev–Trinajstić information content (AvgIpc) is 2.26. The van der Waals surface area contributed by atoms with Gasteiger partial charge >= 0.3 is 0 Å². The van der Waals surface area contributed by atoms with Gasteiger partial charge in [-0.15, -0.1) is 0 Å². The van der Waals surface area contributed by atoms with Crippen LogP contribution in [0.3, 0.4) is 0 Å². The third kappa shape index (κ3) is 1.89. The van der Waals surface area contributed by atoms with Crippen LogP contribution in [0.15, 0.2) is 36.7 Å². The second-order valence-corrected chi connectivity index (χ2v) is 3.64. The van der Waals surface area contributed by atoms with Gasteiger partial charge in [0, 0.05) is 18.0 Å². The number of aromatic nitrogens is 1. The summed E-state index contributed by atoms with van der Waals surface area (Å²) in [6.07, 6.45) is 3.45. The van der Waals surface area contributed by atoms with E-state index in [0.29, 0.717) is 5.56 Å². The van der Waals surface area contributed by atoms with E-state index in [2.05, 4.69) is 4.98 Å². The molecule has 0 N–H and O–H groups in total. The minimum Gasteiger partial charge on any atom is -0.264 e. The van der Waals surface area contributed by atoms with E-state index in [-0.39, 0.29) is 5.82 Å². The van der Waals surface area contributed by atoms with Crippen LogP contribution < -0.4 is 0 Å². The van der Waals surface area contributed by atoms with Crippen molar-refractivity contribution in [1.82, 2.24) is 4.98 Å². The Kier molecular flexibility index (Phi) is 2.50. The summed E-state index contributed by atoms with van der Waals surface area (Å²) in [7, 11) is 0. The molecule has 0 aliphatic carbocycles. The smallest absolute Gasteiger partial charge is 0.126 e. The van der Waals surface area contributed by atoms with Crippen LogP contribution >= 0.6 is 0 Å². The van der Waals surface area contributed by atoms with Gasteiger partial charge in [0.1, 0.15) is 5.82 Å². The second kappa shape index (κ2) is 3.81. The Morgan fingerprint density at radius 1 is 1.13 bits per heavy atom. The van der Waals surface area contributed by atoms with Gasteiger partial charge in [-0.05, 0) is 42.7 Å². The summed E-state index contributed by atoms with van der Waals surface area (Å²) in [6.45, 7) is 3.70. The Hall–Kier alpha value is -1.70. The molecule has 15 heavy (non-hydrogen) atoms. The predicted molar refractivity (Wildman–Crippen MR) is 59.1 cm³/mol. The Morgan fingerprint density at radius 3 is 2.53 bits per heavy atom. The maximum Gasteiger partial charge on any atom is 0.126 e. The van der Waals surface area contributed by atoms with Crippen molar-refractivity contribution in [2.45, 2.75) is 13.8 Å². The largest absolute Gasteiger partial charge is 0.264 e. The van der Waals surface area contributed by atoms with Crippen molar-refractivity contribution in [2.24, 2.45) is 0 Å². The van der Waals surface area contributed by atoms with Gasteiger partial charge in [-0.25, -0.2) is 4.39 Å². The minimum atomic E-state index is -0.158. The van der Waals surface area contributed by atoms with Crippen molar-refractivity contribution >= 4 is 0 Å². The molecule has 2 heteroatoms. The molecule has 0 unspecified atom stereocenters. The molecule has 0 saturated heterocycles. The van der Waals surface area contributed by atoms with Gasteiger partial charge in [0.05, 0.1) is 0 Å². The topological polar surface area (TPSA) is 12.9 Å². The van der Waals surface area contributed by atoms with Crippen molar-refractivity contribution in [3.63, 3.8) is 0 Å². The van der Waals surface area contributed by atoms with Crippen molar-refractivity contribution in [1.29, 1.82) is 0 Å². The van der Waals surface area contributed by atoms with Crippen molar-refractivity contribution in [3.8, 4) is 11.1 Å². The van der Waals surface area contributed by atoms with E-state index in [1.54, 1.807) is 25.4 Å². The molecule has 0 radical (unpaired) electrons. The SMILES string of the molecule is Cc1cc(-c2cccnc2)cc(F)c1C. The first kappa shape index (κ1) is 9.84. The van der Waals surface area contributed by atoms with Gasteiger partial charge in [-0.2, -0.15) is 0 Å². The molecule has 1 heterocycles. The van der Waals surface area contributed by atoms with Crippen LogP contribution in [0.1, 0.15) is 11.1 Å². The molecule has 0 atom stereocenters. The first-order valence-corrected chi connectivity index (χ1v) is 4.85. The Morgan fingerprint density at radius 2 is 1.93 bits per heavy atom. The van der Waals surface area contributed by atoms with Crippen molar-refractivity contribution < 1.29 is 4.39 Å². The number of nitrogens with zero attached hydrogens (tertiary/aromatic N) is 1. The summed E-state index contributed by atoms with van der Waals surface area (Å²) in [5, 5.41) is 0. The molecule has 0 aliphatic heterocycles. The highest BCUT2D eigenvalue weighted by Crippen LogP contribution is 2.23. The lowest BCUT2D eigenvalue weighted by Crippen LogP contribution is -1.89. The van der Waals surface area contributed by atoms with E-state index < -0.39 is 0 Å². The first-order chi connectivity index (χ1) is 7.18. The monoisotopic (exact) mass is 201 g/mol. The van der Waals surface area contributed by atoms with E-state index in [4.69, 9.17) is 0 Å². The highest BCUT2D eigenvalue weighted by Gasteiger charge is 2.05. The fourth-order valence-corrected chi connectivity index (χ4v) is 1.52. The van der Waals surface area contributed by atoms with E-state index in [0.717, 1.165) is 16.7 Å². The average molecular weight is 201 g/mol. The van der Waals surface area contributed by atoms with Crippen LogP contribution in [0.4, 0.5) is 4.39 Å². The zero-order valence-electron chi connectivity index (χ0n) is 8.79. The lowest BCUT2D eigenvalue weighted by molar-refractivity contribution is 0.617. The number of hydrogen-bond acceptors (Lipinski definition) is 1. The molecule has 0 aliphatic rings. The molecule has 1 aromatic carbocycles. The van der Waals surface area contributed by atoms with Crippen LogP contribution in [0.25, 0.3) is 11.1 Å². The molecule has 0 fully saturated rings. The molecule has 1 nitrogen and oxygen atoms in total. The number of aryl methyl sites for hydroxylation is 1. The number of pyridine rings is 1. The predicted octanol–water partition coefficient (Wildman–Crippen LogP) is 3.50. The third-order valence-corrected chi connectivity index (χ3v) is 2.60. The van der Waals surface area contributed by atoms with Crippen LogP contribution in [-0.4, -0.2) is 4.98 Å². The molecule has 76 valence electrons. The van der Waals surface area contributed by atoms with Crippen LogP contribution in [-0.2, 0) is 0 Å². The lowest BCUT2D eigenvalue weighted by Gasteiger charge is -2.06. The Bertz CT molecular complexity index is 454. The molecule has 0 saturated carbocycles. The van der Waals surface area contributed by atoms with E-state index in [1.807, 2.05) is 25.1 Å². The fourth-order valence-electron chi connectivity index (χ4n) is 1.52. The third-order valence-electron chi connectivity index (χ3n) is 2.60. The van der Waals surface area contributed by atoms with Gasteiger partial charge in [-0.3, -0.25) is 4.98 Å². The van der Waals surface area contributed by atoms with Gasteiger partial charge in [0.25, 0.3) is 0 Å². The quantitative estimate of drug-likeness (QED) is 0.688. The molecular weight excluding hydrogens is 189 g/mol. The molecule has 0 bridgehead atoms. The molecule has 2 aromatic rings. The number of hydrogen-bond donors (Lipinski definition) is 0. The van der Waals surface area contributed by atoms with E-state index in [9.17, 15) is 4.39 Å². The zero-order valence-corrected chi connectivity index (χ0v) is 8.79. The summed E-state index contributed by atoms with van der Waals surface area (Å²) in [6, 6.07) is 7.31. The van der Waals surface area contributed by atoms with E-state index >= 15 is 0 Å². The number of benzene rings is 1. The fraction of sp³-hybridized carbons (Fsp3) is 0.154. The van der Waals surface area contributed by atoms with Gasteiger partial charge in [0.15, 0.2) is 0 Å². The zero-order chi connectivity index (χ0) is 10.8. The van der Waals surface area contributed by atoms with E-state index in [1.165, 1.54) is 0 Å². The molecule has 1 aromatic heterocycles. The normalized spacial score (nSPS) is 10.3. The summed E-state index contributed by atoms with van der Waals surface area (Å²) in [4.78, 5) is 4.02. The lowest BCUT2D eigenvalue weighted by atomic mass is 10.0. The maximum absolute atomic E-state index is 13.5. The summed E-state index contributed by atoms with van der Waals surface area (Å²) in [5.74, 6) is -0.158. The van der Waals surface area contributed by atoms with Crippen molar-refractivity contribution in [3.05, 3.63) is 53.6 Å². The minimum absolute atomic E-state index is 0.158. The van der Waals surface area contributed by atoms with Crippen LogP contribution in [0, 0.1) is 19.7 Å². The second-order valence-electron chi connectivity index (χ2n) is 3.64. The van der Waals surface area contributed by atoms with Gasteiger partial charge in [0.2, 0.25) is 0 Å². The van der Waals surface area contributed by atoms with Gasteiger partial charge in [-0.1, -0.05) is 12.1 Å². The number of halogens is 1. The summed E-state index contributed by atoms with van der Waals surface area (Å²) < 4.78 is 13.5. The standard InChI is InChI=1S/C13H12FN/c1-9-6-12(7-13(14)10(9)2)11-4-3-5-15-8-11/h3-8H,1-2H3. The van der Waals surface area contributed by atoms with Crippen molar-refractivity contribution in [2.75, 3.05) is 0 Å². The molecule has 2 rings (SSSR count). The molecule has 0 amide bonds. The summed E-state index contributed by atoms with van der Waals surface area (Å²) in [5.41, 5.74) is 3.50. The molecule has 0 spiro atoms. The Labute approximate surface area is 88.6 Å². The van der Waals surface area contributed by atoms with Crippen LogP contribution in [0.5, 0.6) is 0 Å². The Balaban J connectivity index is 2.56. The maximum atomic E-state index is 13.5. The number of rotatable bonds is 1. The van der Waals surface area contributed by atoms with Gasteiger partial charge < -0.3 is 0 Å². The highest BCUT2D eigenvalue weighted by molar-refractivity contribution is 5.63. The highest BCUT2D eigenvalue weighted by atomic mass is 19.1. The van der Waals surface area contributed by atoms with Crippen LogP contribution in [0.2, 0.25) is 0 Å².